The molecule has 0 spiro atoms. The Bertz CT molecular complexity index is 674. The summed E-state index contributed by atoms with van der Waals surface area (Å²) in [6.07, 6.45) is -0.644. The summed E-state index contributed by atoms with van der Waals surface area (Å²) >= 11 is 1.69. The molecule has 3 rings (SSSR count). The van der Waals surface area contributed by atoms with Crippen LogP contribution in [0.25, 0.3) is 0 Å². The van der Waals surface area contributed by atoms with Crippen molar-refractivity contribution in [3.05, 3.63) is 48.5 Å². The van der Waals surface area contributed by atoms with Crippen molar-refractivity contribution in [2.24, 2.45) is 0 Å². The van der Waals surface area contributed by atoms with Crippen LogP contribution in [0.5, 0.6) is 11.5 Å². The largest absolute Gasteiger partial charge is 0.485 e. The molecule has 0 fully saturated rings. The summed E-state index contributed by atoms with van der Waals surface area (Å²) in [5, 5.41) is 2.93. The van der Waals surface area contributed by atoms with E-state index in [4.69, 9.17) is 9.47 Å². The topological polar surface area (TPSA) is 47.6 Å². The highest BCUT2D eigenvalue weighted by molar-refractivity contribution is 7.99. The number of fused-ring (bicyclic) bond motifs is 1. The van der Waals surface area contributed by atoms with Gasteiger partial charge >= 0.3 is 0 Å². The molecule has 1 atom stereocenters. The van der Waals surface area contributed by atoms with E-state index >= 15 is 0 Å². The van der Waals surface area contributed by atoms with E-state index in [-0.39, 0.29) is 12.5 Å². The van der Waals surface area contributed by atoms with Gasteiger partial charge in [0.25, 0.3) is 5.91 Å². The summed E-state index contributed by atoms with van der Waals surface area (Å²) in [5.41, 5.74) is 0.807. The highest BCUT2D eigenvalue weighted by Gasteiger charge is 2.27. The fraction of sp³-hybridized carbons (Fsp3) is 0.235. The first-order chi connectivity index (χ1) is 10.8. The Morgan fingerprint density at radius 2 is 1.91 bits per heavy atom. The quantitative estimate of drug-likeness (QED) is 0.876. The molecule has 0 unspecified atom stereocenters. The number of amides is 1. The number of ether oxygens (including phenoxy) is 2. The Balaban J connectivity index is 1.71. The van der Waals surface area contributed by atoms with Crippen LogP contribution in [-0.4, -0.2) is 24.4 Å². The molecule has 0 aliphatic carbocycles. The summed E-state index contributed by atoms with van der Waals surface area (Å²) in [5.74, 6) is 2.03. The molecule has 0 aromatic heterocycles. The Labute approximate surface area is 133 Å². The highest BCUT2D eigenvalue weighted by Crippen LogP contribution is 2.32. The van der Waals surface area contributed by atoms with Crippen LogP contribution < -0.4 is 14.8 Å². The Kier molecular flexibility index (Phi) is 4.53. The second kappa shape index (κ2) is 6.75. The molecule has 2 aromatic rings. The van der Waals surface area contributed by atoms with Crippen molar-refractivity contribution < 1.29 is 14.3 Å². The van der Waals surface area contributed by atoms with Crippen LogP contribution in [0.3, 0.4) is 0 Å². The average Bonchev–Trinajstić information content (AvgIpc) is 2.56. The Morgan fingerprint density at radius 3 is 2.73 bits per heavy atom. The minimum absolute atomic E-state index is 0.196. The second-order valence-corrected chi connectivity index (χ2v) is 6.09. The van der Waals surface area contributed by atoms with E-state index < -0.39 is 6.10 Å². The van der Waals surface area contributed by atoms with E-state index in [1.165, 1.54) is 0 Å². The van der Waals surface area contributed by atoms with Gasteiger partial charge in [-0.3, -0.25) is 4.79 Å². The van der Waals surface area contributed by atoms with Crippen LogP contribution in [0.4, 0.5) is 5.69 Å². The molecule has 4 nitrogen and oxygen atoms in total. The number of rotatable bonds is 4. The SMILES string of the molecule is CCSc1ccccc1NC(=O)[C@@H]1COc2ccccc2O1. The first-order valence-corrected chi connectivity index (χ1v) is 8.17. The van der Waals surface area contributed by atoms with Gasteiger partial charge in [0.2, 0.25) is 6.10 Å². The first kappa shape index (κ1) is 14.8. The number of hydrogen-bond donors (Lipinski definition) is 1. The molecule has 0 saturated carbocycles. The monoisotopic (exact) mass is 315 g/mol. The zero-order chi connectivity index (χ0) is 15.4. The highest BCUT2D eigenvalue weighted by atomic mass is 32.2. The molecule has 1 aliphatic heterocycles. The predicted octanol–water partition coefficient (Wildman–Crippen LogP) is 3.58. The lowest BCUT2D eigenvalue weighted by Crippen LogP contribution is -2.40. The molecule has 1 heterocycles. The second-order valence-electron chi connectivity index (χ2n) is 4.78. The standard InChI is InChI=1S/C17H17NO3S/c1-2-22-16-10-6-3-7-12(16)18-17(19)15-11-20-13-8-4-5-9-14(13)21-15/h3-10,15H,2,11H2,1H3,(H,18,19)/t15-/m0/s1. The molecule has 22 heavy (non-hydrogen) atoms. The summed E-state index contributed by atoms with van der Waals surface area (Å²) in [6.45, 7) is 2.30. The first-order valence-electron chi connectivity index (χ1n) is 7.19. The zero-order valence-electron chi connectivity index (χ0n) is 12.2. The molecule has 0 radical (unpaired) electrons. The minimum Gasteiger partial charge on any atom is -0.485 e. The van der Waals surface area contributed by atoms with Crippen molar-refractivity contribution in [3.8, 4) is 11.5 Å². The van der Waals surface area contributed by atoms with Crippen molar-refractivity contribution >= 4 is 23.4 Å². The molecular weight excluding hydrogens is 298 g/mol. The number of anilines is 1. The van der Waals surface area contributed by atoms with E-state index in [1.54, 1.807) is 17.8 Å². The predicted molar refractivity (Wildman–Crippen MR) is 87.8 cm³/mol. The summed E-state index contributed by atoms with van der Waals surface area (Å²) < 4.78 is 11.3. The molecular formula is C17H17NO3S. The van der Waals surface area contributed by atoms with Gasteiger partial charge in [-0.25, -0.2) is 0 Å². The molecule has 1 amide bonds. The van der Waals surface area contributed by atoms with E-state index in [2.05, 4.69) is 12.2 Å². The third-order valence-electron chi connectivity index (χ3n) is 3.25. The van der Waals surface area contributed by atoms with Gasteiger partial charge in [-0.2, -0.15) is 0 Å². The lowest BCUT2D eigenvalue weighted by molar-refractivity contribution is -0.125. The summed E-state index contributed by atoms with van der Waals surface area (Å²) in [6, 6.07) is 15.1. The number of thioether (sulfide) groups is 1. The fourth-order valence-corrected chi connectivity index (χ4v) is 2.97. The van der Waals surface area contributed by atoms with Gasteiger partial charge in [-0.1, -0.05) is 31.2 Å². The van der Waals surface area contributed by atoms with Gasteiger partial charge in [-0.05, 0) is 30.0 Å². The van der Waals surface area contributed by atoms with Gasteiger partial charge in [0, 0.05) is 4.90 Å². The Hall–Kier alpha value is -2.14. The molecule has 5 heteroatoms. The number of benzene rings is 2. The maximum absolute atomic E-state index is 12.4. The molecule has 1 aliphatic rings. The number of nitrogens with one attached hydrogen (secondary N) is 1. The maximum Gasteiger partial charge on any atom is 0.269 e. The van der Waals surface area contributed by atoms with Crippen molar-refractivity contribution in [2.75, 3.05) is 17.7 Å². The van der Waals surface area contributed by atoms with Crippen LogP contribution in [0, 0.1) is 0 Å². The van der Waals surface area contributed by atoms with Crippen LogP contribution in [0.2, 0.25) is 0 Å². The van der Waals surface area contributed by atoms with Gasteiger partial charge in [0.05, 0.1) is 5.69 Å². The summed E-state index contributed by atoms with van der Waals surface area (Å²) in [4.78, 5) is 13.5. The third kappa shape index (κ3) is 3.20. The van der Waals surface area contributed by atoms with Gasteiger partial charge in [-0.15, -0.1) is 11.8 Å². The normalized spacial score (nSPS) is 16.1. The van der Waals surface area contributed by atoms with Crippen molar-refractivity contribution in [1.82, 2.24) is 0 Å². The number of carbonyl (C=O) groups excluding carboxylic acids is 1. The zero-order valence-corrected chi connectivity index (χ0v) is 13.1. The summed E-state index contributed by atoms with van der Waals surface area (Å²) in [7, 11) is 0. The molecule has 0 bridgehead atoms. The van der Waals surface area contributed by atoms with E-state index in [9.17, 15) is 4.79 Å². The number of hydrogen-bond acceptors (Lipinski definition) is 4. The molecule has 2 aromatic carbocycles. The lowest BCUT2D eigenvalue weighted by Gasteiger charge is -2.25. The Morgan fingerprint density at radius 1 is 1.18 bits per heavy atom. The molecule has 0 saturated heterocycles. The van der Waals surface area contributed by atoms with Crippen LogP contribution in [0.15, 0.2) is 53.4 Å². The average molecular weight is 315 g/mol. The van der Waals surface area contributed by atoms with Gasteiger partial charge in [0.1, 0.15) is 6.61 Å². The number of para-hydroxylation sites is 3. The third-order valence-corrected chi connectivity index (χ3v) is 4.20. The van der Waals surface area contributed by atoms with Crippen molar-refractivity contribution in [3.63, 3.8) is 0 Å². The fourth-order valence-electron chi connectivity index (χ4n) is 2.21. The smallest absolute Gasteiger partial charge is 0.269 e. The van der Waals surface area contributed by atoms with Gasteiger partial charge in [0.15, 0.2) is 11.5 Å². The van der Waals surface area contributed by atoms with E-state index in [0.717, 1.165) is 16.3 Å². The van der Waals surface area contributed by atoms with Crippen LogP contribution in [-0.2, 0) is 4.79 Å². The molecule has 1 N–H and O–H groups in total. The lowest BCUT2D eigenvalue weighted by atomic mass is 10.2. The van der Waals surface area contributed by atoms with E-state index in [0.29, 0.717) is 11.5 Å². The van der Waals surface area contributed by atoms with Crippen LogP contribution >= 0.6 is 11.8 Å². The van der Waals surface area contributed by atoms with E-state index in [1.807, 2.05) is 42.5 Å². The van der Waals surface area contributed by atoms with Gasteiger partial charge < -0.3 is 14.8 Å². The van der Waals surface area contributed by atoms with Crippen LogP contribution in [0.1, 0.15) is 6.92 Å². The minimum atomic E-state index is -0.644. The van der Waals surface area contributed by atoms with Crippen molar-refractivity contribution in [2.45, 2.75) is 17.9 Å². The number of carbonyl (C=O) groups is 1. The molecule has 114 valence electrons. The van der Waals surface area contributed by atoms with Crippen molar-refractivity contribution in [1.29, 1.82) is 0 Å². The maximum atomic E-state index is 12.4.